The van der Waals surface area contributed by atoms with E-state index >= 15 is 0 Å². The summed E-state index contributed by atoms with van der Waals surface area (Å²) in [5.41, 5.74) is 0. The molecule has 0 bridgehead atoms. The van der Waals surface area contributed by atoms with E-state index in [4.69, 9.17) is 5.11 Å². The van der Waals surface area contributed by atoms with Crippen molar-refractivity contribution < 1.29 is 19.5 Å². The molecule has 1 unspecified atom stereocenters. The standard InChI is InChI=1S/C23H43NO4/c1-21(18-19-23(27)28)24-22(26)17-15-13-11-9-7-5-3-2-4-6-8-10-12-14-16-20-25/h20-21H,2-19H2,1H3,(H,24,26)(H,27,28). The predicted octanol–water partition coefficient (Wildman–Crippen LogP) is 5.80. The topological polar surface area (TPSA) is 83.5 Å². The van der Waals surface area contributed by atoms with Gasteiger partial charge in [0.05, 0.1) is 0 Å². The van der Waals surface area contributed by atoms with Gasteiger partial charge >= 0.3 is 5.97 Å². The largest absolute Gasteiger partial charge is 0.481 e. The summed E-state index contributed by atoms with van der Waals surface area (Å²) in [4.78, 5) is 32.5. The molecular weight excluding hydrogens is 354 g/mol. The van der Waals surface area contributed by atoms with Gasteiger partial charge in [-0.25, -0.2) is 0 Å². The molecule has 0 saturated heterocycles. The van der Waals surface area contributed by atoms with Crippen molar-refractivity contribution in [3.05, 3.63) is 0 Å². The van der Waals surface area contributed by atoms with Crippen molar-refractivity contribution in [1.82, 2.24) is 5.32 Å². The van der Waals surface area contributed by atoms with Crippen molar-refractivity contribution in [3.63, 3.8) is 0 Å². The Morgan fingerprint density at radius 3 is 1.61 bits per heavy atom. The highest BCUT2D eigenvalue weighted by atomic mass is 16.4. The van der Waals surface area contributed by atoms with Crippen molar-refractivity contribution >= 4 is 18.2 Å². The first-order valence-electron chi connectivity index (χ1n) is 11.5. The normalized spacial score (nSPS) is 11.9. The molecule has 0 aliphatic rings. The highest BCUT2D eigenvalue weighted by Crippen LogP contribution is 2.13. The maximum absolute atomic E-state index is 11.8. The zero-order valence-corrected chi connectivity index (χ0v) is 18.1. The van der Waals surface area contributed by atoms with Crippen LogP contribution in [0, 0.1) is 0 Å². The molecule has 0 heterocycles. The van der Waals surface area contributed by atoms with E-state index < -0.39 is 5.97 Å². The van der Waals surface area contributed by atoms with Crippen molar-refractivity contribution in [2.24, 2.45) is 0 Å². The molecule has 2 N–H and O–H groups in total. The Hall–Kier alpha value is -1.39. The molecule has 0 aromatic carbocycles. The molecule has 164 valence electrons. The summed E-state index contributed by atoms with van der Waals surface area (Å²) in [7, 11) is 0. The number of hydrogen-bond donors (Lipinski definition) is 2. The number of carboxylic acids is 1. The fourth-order valence-corrected chi connectivity index (χ4v) is 3.39. The summed E-state index contributed by atoms with van der Waals surface area (Å²) in [5, 5.41) is 11.5. The van der Waals surface area contributed by atoms with Crippen molar-refractivity contribution in [2.75, 3.05) is 0 Å². The van der Waals surface area contributed by atoms with Gasteiger partial charge in [-0.15, -0.1) is 0 Å². The lowest BCUT2D eigenvalue weighted by molar-refractivity contribution is -0.137. The number of aldehydes is 1. The number of aliphatic carboxylic acids is 1. The van der Waals surface area contributed by atoms with Crippen LogP contribution in [0.4, 0.5) is 0 Å². The molecule has 0 saturated carbocycles. The van der Waals surface area contributed by atoms with Crippen LogP contribution < -0.4 is 5.32 Å². The van der Waals surface area contributed by atoms with Crippen LogP contribution in [-0.2, 0) is 14.4 Å². The molecule has 0 aliphatic heterocycles. The predicted molar refractivity (Wildman–Crippen MR) is 114 cm³/mol. The molecule has 0 aromatic heterocycles. The van der Waals surface area contributed by atoms with E-state index in [0.29, 0.717) is 12.8 Å². The molecular formula is C23H43NO4. The maximum atomic E-state index is 11.8. The third-order valence-corrected chi connectivity index (χ3v) is 5.17. The minimum atomic E-state index is -0.816. The number of carboxylic acid groups (broad SMARTS) is 1. The summed E-state index contributed by atoms with van der Waals surface area (Å²) < 4.78 is 0. The molecule has 5 nitrogen and oxygen atoms in total. The van der Waals surface area contributed by atoms with Crippen LogP contribution in [0.1, 0.15) is 122 Å². The van der Waals surface area contributed by atoms with Crippen LogP contribution in [0.2, 0.25) is 0 Å². The Bertz CT molecular complexity index is 398. The number of carbonyl (C=O) groups is 3. The van der Waals surface area contributed by atoms with Gasteiger partial charge < -0.3 is 15.2 Å². The van der Waals surface area contributed by atoms with Crippen molar-refractivity contribution in [2.45, 2.75) is 129 Å². The monoisotopic (exact) mass is 397 g/mol. The zero-order valence-electron chi connectivity index (χ0n) is 18.1. The molecule has 28 heavy (non-hydrogen) atoms. The van der Waals surface area contributed by atoms with Gasteiger partial charge in [0.2, 0.25) is 5.91 Å². The van der Waals surface area contributed by atoms with Crippen LogP contribution in [-0.4, -0.2) is 29.3 Å². The molecule has 0 aromatic rings. The molecule has 0 radical (unpaired) electrons. The van der Waals surface area contributed by atoms with Gasteiger partial charge in [-0.1, -0.05) is 77.0 Å². The first kappa shape index (κ1) is 26.6. The van der Waals surface area contributed by atoms with Crippen LogP contribution in [0.5, 0.6) is 0 Å². The van der Waals surface area contributed by atoms with Crippen molar-refractivity contribution in [3.8, 4) is 0 Å². The summed E-state index contributed by atoms with van der Waals surface area (Å²) in [5.74, 6) is -0.773. The second-order valence-electron chi connectivity index (χ2n) is 8.06. The number of nitrogens with one attached hydrogen (secondary N) is 1. The van der Waals surface area contributed by atoms with Crippen LogP contribution in [0.15, 0.2) is 0 Å². The van der Waals surface area contributed by atoms with Gasteiger partial charge in [0.1, 0.15) is 6.29 Å². The number of hydrogen-bond acceptors (Lipinski definition) is 3. The van der Waals surface area contributed by atoms with Gasteiger partial charge in [-0.05, 0) is 26.2 Å². The number of rotatable bonds is 21. The number of amides is 1. The summed E-state index contributed by atoms with van der Waals surface area (Å²) >= 11 is 0. The van der Waals surface area contributed by atoms with Gasteiger partial charge in [0, 0.05) is 25.3 Å². The molecule has 0 aliphatic carbocycles. The summed E-state index contributed by atoms with van der Waals surface area (Å²) in [6.45, 7) is 1.86. The van der Waals surface area contributed by atoms with E-state index in [1.54, 1.807) is 0 Å². The lowest BCUT2D eigenvalue weighted by atomic mass is 10.0. The fraction of sp³-hybridized carbons (Fsp3) is 0.870. The fourth-order valence-electron chi connectivity index (χ4n) is 3.39. The van der Waals surface area contributed by atoms with Crippen LogP contribution >= 0.6 is 0 Å². The molecule has 0 spiro atoms. The summed E-state index contributed by atoms with van der Waals surface area (Å²) in [6.07, 6.45) is 20.2. The van der Waals surface area contributed by atoms with E-state index in [-0.39, 0.29) is 18.4 Å². The third kappa shape index (κ3) is 20.9. The van der Waals surface area contributed by atoms with E-state index in [9.17, 15) is 14.4 Å². The molecule has 1 amide bonds. The second-order valence-corrected chi connectivity index (χ2v) is 8.06. The first-order valence-corrected chi connectivity index (χ1v) is 11.5. The molecule has 1 atom stereocenters. The molecule has 0 fully saturated rings. The van der Waals surface area contributed by atoms with E-state index in [1.165, 1.54) is 70.6 Å². The first-order chi connectivity index (χ1) is 13.6. The SMILES string of the molecule is CC(CCC(=O)O)NC(=O)CCCCCCCCCCCCCCCCC=O. The Balaban J connectivity index is 3.23. The Morgan fingerprint density at radius 1 is 0.750 bits per heavy atom. The lowest BCUT2D eigenvalue weighted by Gasteiger charge is -2.12. The Kier molecular flexibility index (Phi) is 19.3. The summed E-state index contributed by atoms with van der Waals surface area (Å²) in [6, 6.07) is -0.0638. The average molecular weight is 398 g/mol. The smallest absolute Gasteiger partial charge is 0.303 e. The molecule has 0 rings (SSSR count). The lowest BCUT2D eigenvalue weighted by Crippen LogP contribution is -2.32. The minimum absolute atomic E-state index is 0.0432. The van der Waals surface area contributed by atoms with Gasteiger partial charge in [0.25, 0.3) is 0 Å². The van der Waals surface area contributed by atoms with Gasteiger partial charge in [-0.2, -0.15) is 0 Å². The zero-order chi connectivity index (χ0) is 20.9. The molecule has 5 heteroatoms. The average Bonchev–Trinajstić information content (AvgIpc) is 2.66. The van der Waals surface area contributed by atoms with Crippen LogP contribution in [0.3, 0.4) is 0 Å². The Morgan fingerprint density at radius 2 is 1.18 bits per heavy atom. The third-order valence-electron chi connectivity index (χ3n) is 5.17. The highest BCUT2D eigenvalue weighted by molar-refractivity contribution is 5.76. The van der Waals surface area contributed by atoms with E-state index in [1.807, 2.05) is 6.92 Å². The minimum Gasteiger partial charge on any atom is -0.481 e. The number of carbonyl (C=O) groups excluding carboxylic acids is 2. The quantitative estimate of drug-likeness (QED) is 0.189. The maximum Gasteiger partial charge on any atom is 0.303 e. The van der Waals surface area contributed by atoms with Gasteiger partial charge in [0.15, 0.2) is 0 Å². The highest BCUT2D eigenvalue weighted by Gasteiger charge is 2.08. The number of unbranched alkanes of at least 4 members (excludes halogenated alkanes) is 14. The second kappa shape index (κ2) is 20.3. The van der Waals surface area contributed by atoms with E-state index in [2.05, 4.69) is 5.32 Å². The van der Waals surface area contributed by atoms with Crippen LogP contribution in [0.25, 0.3) is 0 Å². The van der Waals surface area contributed by atoms with E-state index in [0.717, 1.165) is 32.0 Å². The van der Waals surface area contributed by atoms with Gasteiger partial charge in [-0.3, -0.25) is 9.59 Å². The van der Waals surface area contributed by atoms with Crippen molar-refractivity contribution in [1.29, 1.82) is 0 Å². The Labute approximate surface area is 172 Å².